The lowest BCUT2D eigenvalue weighted by molar-refractivity contribution is 0.0678. The van der Waals surface area contributed by atoms with Gasteiger partial charge in [0.05, 0.1) is 11.1 Å². The van der Waals surface area contributed by atoms with Crippen molar-refractivity contribution < 1.29 is 5.11 Å². The van der Waals surface area contributed by atoms with Crippen LogP contribution in [0.15, 0.2) is 18.3 Å². The van der Waals surface area contributed by atoms with Gasteiger partial charge in [-0.25, -0.2) is 4.98 Å². The zero-order valence-corrected chi connectivity index (χ0v) is 14.2. The maximum atomic E-state index is 9.86. The van der Waals surface area contributed by atoms with Gasteiger partial charge in [0, 0.05) is 12.2 Å². The van der Waals surface area contributed by atoms with Crippen LogP contribution in [0.5, 0.6) is 0 Å². The van der Waals surface area contributed by atoms with E-state index in [-0.39, 0.29) is 12.0 Å². The molecule has 2 aromatic heterocycles. The number of nitrogen functional groups attached to an aromatic ring is 1. The number of anilines is 2. The fraction of sp³-hybridized carbons (Fsp3) is 0.588. The second-order valence-electron chi connectivity index (χ2n) is 6.64. The molecule has 0 aliphatic heterocycles. The van der Waals surface area contributed by atoms with Crippen LogP contribution >= 0.6 is 0 Å². The van der Waals surface area contributed by atoms with Crippen LogP contribution in [0.3, 0.4) is 0 Å². The van der Waals surface area contributed by atoms with E-state index in [0.29, 0.717) is 5.82 Å². The largest absolute Gasteiger partial charge is 0.390 e. The van der Waals surface area contributed by atoms with Gasteiger partial charge in [-0.05, 0) is 51.7 Å². The molecular weight excluding hydrogens is 290 g/mol. The first-order valence-electron chi connectivity index (χ1n) is 8.26. The Morgan fingerprint density at radius 2 is 2.09 bits per heavy atom. The van der Waals surface area contributed by atoms with Crippen molar-refractivity contribution in [3.05, 3.63) is 18.3 Å². The van der Waals surface area contributed by atoms with E-state index in [2.05, 4.69) is 27.2 Å². The van der Waals surface area contributed by atoms with E-state index in [1.54, 1.807) is 6.20 Å². The summed E-state index contributed by atoms with van der Waals surface area (Å²) in [5.41, 5.74) is 6.67. The minimum absolute atomic E-state index is 0.250. The summed E-state index contributed by atoms with van der Waals surface area (Å²) in [6.45, 7) is 5.85. The van der Waals surface area contributed by atoms with Gasteiger partial charge in [0.1, 0.15) is 5.52 Å². The Kier molecular flexibility index (Phi) is 5.71. The molecule has 126 valence electrons. The number of fused-ring (bicyclic) bond motifs is 1. The van der Waals surface area contributed by atoms with Gasteiger partial charge in [0.2, 0.25) is 5.95 Å². The summed E-state index contributed by atoms with van der Waals surface area (Å²) in [5, 5.41) is 13.3. The first-order chi connectivity index (χ1) is 10.9. The Bertz CT molecular complexity index is 638. The molecule has 1 atom stereocenters. The van der Waals surface area contributed by atoms with Gasteiger partial charge in [0.15, 0.2) is 5.82 Å². The summed E-state index contributed by atoms with van der Waals surface area (Å²) in [5.74, 6) is 0.939. The molecule has 6 nitrogen and oxygen atoms in total. The summed E-state index contributed by atoms with van der Waals surface area (Å²) >= 11 is 0. The second-order valence-corrected chi connectivity index (χ2v) is 6.64. The van der Waals surface area contributed by atoms with Crippen LogP contribution in [0.25, 0.3) is 11.0 Å². The third-order valence-electron chi connectivity index (χ3n) is 3.79. The molecule has 0 fully saturated rings. The third-order valence-corrected chi connectivity index (χ3v) is 3.79. The second kappa shape index (κ2) is 7.55. The lowest BCUT2D eigenvalue weighted by Gasteiger charge is -2.22. The number of nitrogens with two attached hydrogens (primary N) is 1. The highest BCUT2D eigenvalue weighted by Gasteiger charge is 2.16. The van der Waals surface area contributed by atoms with Crippen molar-refractivity contribution in [2.45, 2.75) is 64.5 Å². The number of aliphatic hydroxyl groups is 1. The van der Waals surface area contributed by atoms with Crippen LogP contribution in [0.2, 0.25) is 0 Å². The molecule has 0 saturated heterocycles. The summed E-state index contributed by atoms with van der Waals surface area (Å²) < 4.78 is 0. The molecule has 0 aliphatic carbocycles. The standard InChI is InChI=1S/C17H27N5O/c1-4-7-12(8-5-10-17(2,3)23)20-15-14-13(9-6-11-19-14)21-16(18)22-15/h6,9,11-12,23H,4-5,7-8,10H2,1-3H3,(H3,18,20,21,22)/t12-/m0/s1. The molecule has 0 spiro atoms. The number of hydrogen-bond donors (Lipinski definition) is 3. The maximum Gasteiger partial charge on any atom is 0.222 e. The minimum Gasteiger partial charge on any atom is -0.390 e. The molecule has 2 rings (SSSR count). The zero-order valence-electron chi connectivity index (χ0n) is 14.2. The molecule has 4 N–H and O–H groups in total. The van der Waals surface area contributed by atoms with E-state index in [1.807, 2.05) is 26.0 Å². The molecule has 0 radical (unpaired) electrons. The van der Waals surface area contributed by atoms with Crippen LogP contribution in [0.4, 0.5) is 11.8 Å². The Morgan fingerprint density at radius 3 is 2.78 bits per heavy atom. The predicted octanol–water partition coefficient (Wildman–Crippen LogP) is 3.13. The molecule has 0 saturated carbocycles. The molecule has 2 heterocycles. The highest BCUT2D eigenvalue weighted by molar-refractivity contribution is 5.85. The Balaban J connectivity index is 2.13. The maximum absolute atomic E-state index is 9.86. The molecule has 0 unspecified atom stereocenters. The summed E-state index contributed by atoms with van der Waals surface area (Å²) in [4.78, 5) is 12.9. The van der Waals surface area contributed by atoms with Crippen LogP contribution in [0.1, 0.15) is 52.9 Å². The Labute approximate surface area is 137 Å². The fourth-order valence-electron chi connectivity index (χ4n) is 2.70. The van der Waals surface area contributed by atoms with E-state index >= 15 is 0 Å². The van der Waals surface area contributed by atoms with Crippen LogP contribution in [0, 0.1) is 0 Å². The minimum atomic E-state index is -0.621. The summed E-state index contributed by atoms with van der Waals surface area (Å²) in [6.07, 6.45) is 6.54. The summed E-state index contributed by atoms with van der Waals surface area (Å²) in [6, 6.07) is 4.00. The Hall–Kier alpha value is -1.95. The molecule has 0 aliphatic rings. The first kappa shape index (κ1) is 17.4. The van der Waals surface area contributed by atoms with E-state index < -0.39 is 5.60 Å². The first-order valence-corrected chi connectivity index (χ1v) is 8.26. The van der Waals surface area contributed by atoms with Gasteiger partial charge < -0.3 is 16.2 Å². The number of rotatable bonds is 8. The van der Waals surface area contributed by atoms with Gasteiger partial charge in [-0.3, -0.25) is 4.98 Å². The van der Waals surface area contributed by atoms with E-state index in [9.17, 15) is 5.11 Å². The number of nitrogens with one attached hydrogen (secondary N) is 1. The topological polar surface area (TPSA) is 97.0 Å². The van der Waals surface area contributed by atoms with Crippen molar-refractivity contribution >= 4 is 22.8 Å². The number of aromatic nitrogens is 3. The lowest BCUT2D eigenvalue weighted by Crippen LogP contribution is -2.23. The lowest BCUT2D eigenvalue weighted by atomic mass is 9.97. The average molecular weight is 317 g/mol. The molecule has 0 amide bonds. The van der Waals surface area contributed by atoms with Crippen LogP contribution < -0.4 is 11.1 Å². The zero-order chi connectivity index (χ0) is 16.9. The number of hydrogen-bond acceptors (Lipinski definition) is 6. The SMILES string of the molecule is CCC[C@@H](CCCC(C)(C)O)Nc1nc(N)nc2cccnc12. The van der Waals surface area contributed by atoms with E-state index in [4.69, 9.17) is 5.73 Å². The molecular formula is C17H27N5O. The molecule has 2 aromatic rings. The fourth-order valence-corrected chi connectivity index (χ4v) is 2.70. The monoisotopic (exact) mass is 317 g/mol. The van der Waals surface area contributed by atoms with Gasteiger partial charge in [-0.2, -0.15) is 4.98 Å². The third kappa shape index (κ3) is 5.32. The van der Waals surface area contributed by atoms with Crippen molar-refractivity contribution in [2.24, 2.45) is 0 Å². The highest BCUT2D eigenvalue weighted by atomic mass is 16.3. The quantitative estimate of drug-likeness (QED) is 0.692. The van der Waals surface area contributed by atoms with Crippen molar-refractivity contribution in [1.29, 1.82) is 0 Å². The summed E-state index contributed by atoms with van der Waals surface area (Å²) in [7, 11) is 0. The molecule has 23 heavy (non-hydrogen) atoms. The van der Waals surface area contributed by atoms with E-state index in [1.165, 1.54) is 0 Å². The van der Waals surface area contributed by atoms with Crippen molar-refractivity contribution in [2.75, 3.05) is 11.1 Å². The van der Waals surface area contributed by atoms with Crippen molar-refractivity contribution in [3.8, 4) is 0 Å². The van der Waals surface area contributed by atoms with Crippen LogP contribution in [-0.4, -0.2) is 31.7 Å². The molecule has 6 heteroatoms. The average Bonchev–Trinajstić information content (AvgIpc) is 2.46. The smallest absolute Gasteiger partial charge is 0.222 e. The molecule has 0 bridgehead atoms. The van der Waals surface area contributed by atoms with Crippen LogP contribution in [-0.2, 0) is 0 Å². The van der Waals surface area contributed by atoms with Gasteiger partial charge in [-0.1, -0.05) is 13.3 Å². The van der Waals surface area contributed by atoms with Gasteiger partial charge >= 0.3 is 0 Å². The van der Waals surface area contributed by atoms with E-state index in [0.717, 1.165) is 43.1 Å². The normalized spacial score (nSPS) is 13.2. The van der Waals surface area contributed by atoms with Crippen molar-refractivity contribution in [1.82, 2.24) is 15.0 Å². The number of nitrogens with zero attached hydrogens (tertiary/aromatic N) is 3. The predicted molar refractivity (Wildman–Crippen MR) is 94.2 cm³/mol. The van der Waals surface area contributed by atoms with Gasteiger partial charge in [0.25, 0.3) is 0 Å². The van der Waals surface area contributed by atoms with Gasteiger partial charge in [-0.15, -0.1) is 0 Å². The van der Waals surface area contributed by atoms with Crippen molar-refractivity contribution in [3.63, 3.8) is 0 Å². The number of pyridine rings is 1. The Morgan fingerprint density at radius 1 is 1.30 bits per heavy atom. The highest BCUT2D eigenvalue weighted by Crippen LogP contribution is 2.22. The molecule has 0 aromatic carbocycles.